The van der Waals surface area contributed by atoms with E-state index in [2.05, 4.69) is 31.4 Å². The van der Waals surface area contributed by atoms with Gasteiger partial charge in [-0.3, -0.25) is 0 Å². The second-order valence-electron chi connectivity index (χ2n) is 8.32. The van der Waals surface area contributed by atoms with Crippen LogP contribution in [0.2, 0.25) is 0 Å². The van der Waals surface area contributed by atoms with Crippen LogP contribution in [0.3, 0.4) is 0 Å². The summed E-state index contributed by atoms with van der Waals surface area (Å²) in [5.41, 5.74) is 0.397. The lowest BCUT2D eigenvalue weighted by Crippen LogP contribution is -2.44. The highest BCUT2D eigenvalue weighted by Gasteiger charge is 2.30. The van der Waals surface area contributed by atoms with Crippen LogP contribution in [0.15, 0.2) is 0 Å². The van der Waals surface area contributed by atoms with Gasteiger partial charge in [-0.1, -0.05) is 104 Å². The van der Waals surface area contributed by atoms with Crippen LogP contribution in [-0.4, -0.2) is 19.3 Å². The molecule has 1 fully saturated rings. The molecule has 23 heavy (non-hydrogen) atoms. The third-order valence-corrected chi connectivity index (χ3v) is 5.53. The van der Waals surface area contributed by atoms with E-state index in [1.165, 1.54) is 89.9 Å². The van der Waals surface area contributed by atoms with Gasteiger partial charge in [-0.25, -0.2) is 0 Å². The zero-order chi connectivity index (χ0) is 16.8. The van der Waals surface area contributed by atoms with Gasteiger partial charge in [0.1, 0.15) is 0 Å². The van der Waals surface area contributed by atoms with Crippen LogP contribution in [0.5, 0.6) is 0 Å². The standard InChI is InChI=1S/C21H44N2/c1-4-5-6-7-8-9-10-11-12-13-14-15-16-17-21(2,3)20-22-18-19-23-20/h20,22-23H,4-19H2,1-3H3. The van der Waals surface area contributed by atoms with Gasteiger partial charge in [0.2, 0.25) is 0 Å². The van der Waals surface area contributed by atoms with Crippen LogP contribution in [0.25, 0.3) is 0 Å². The summed E-state index contributed by atoms with van der Waals surface area (Å²) in [5, 5.41) is 7.16. The minimum Gasteiger partial charge on any atom is -0.300 e. The molecule has 0 aliphatic carbocycles. The summed E-state index contributed by atoms with van der Waals surface area (Å²) >= 11 is 0. The normalized spacial score (nSPS) is 16.3. The Labute approximate surface area is 146 Å². The molecule has 1 rings (SSSR count). The van der Waals surface area contributed by atoms with Crippen molar-refractivity contribution in [3.63, 3.8) is 0 Å². The predicted octanol–water partition coefficient (Wildman–Crippen LogP) is 6.01. The smallest absolute Gasteiger partial charge is 0.0625 e. The van der Waals surface area contributed by atoms with Crippen molar-refractivity contribution in [2.75, 3.05) is 13.1 Å². The monoisotopic (exact) mass is 324 g/mol. The van der Waals surface area contributed by atoms with E-state index >= 15 is 0 Å². The summed E-state index contributed by atoms with van der Waals surface area (Å²) in [6.07, 6.45) is 20.7. The van der Waals surface area contributed by atoms with Crippen LogP contribution in [0, 0.1) is 5.41 Å². The fourth-order valence-electron chi connectivity index (χ4n) is 3.80. The maximum atomic E-state index is 3.58. The molecule has 0 bridgehead atoms. The lowest BCUT2D eigenvalue weighted by atomic mass is 9.83. The number of hydrogen-bond acceptors (Lipinski definition) is 2. The predicted molar refractivity (Wildman–Crippen MR) is 104 cm³/mol. The number of hydrogen-bond donors (Lipinski definition) is 2. The van der Waals surface area contributed by atoms with E-state index in [1.807, 2.05) is 0 Å². The Morgan fingerprint density at radius 1 is 0.652 bits per heavy atom. The quantitative estimate of drug-likeness (QED) is 0.360. The maximum Gasteiger partial charge on any atom is 0.0625 e. The van der Waals surface area contributed by atoms with Crippen molar-refractivity contribution < 1.29 is 0 Å². The molecule has 138 valence electrons. The van der Waals surface area contributed by atoms with Crippen LogP contribution in [-0.2, 0) is 0 Å². The average Bonchev–Trinajstić information content (AvgIpc) is 3.07. The summed E-state index contributed by atoms with van der Waals surface area (Å²) in [6, 6.07) is 0. The Morgan fingerprint density at radius 2 is 1.04 bits per heavy atom. The van der Waals surface area contributed by atoms with E-state index in [4.69, 9.17) is 0 Å². The Balaban J connectivity index is 1.81. The summed E-state index contributed by atoms with van der Waals surface area (Å²) in [7, 11) is 0. The molecule has 0 radical (unpaired) electrons. The first-order valence-electron chi connectivity index (χ1n) is 10.6. The van der Waals surface area contributed by atoms with Crippen LogP contribution >= 0.6 is 0 Å². The fraction of sp³-hybridized carbons (Fsp3) is 1.00. The first-order valence-corrected chi connectivity index (χ1v) is 10.6. The molecule has 0 aromatic carbocycles. The van der Waals surface area contributed by atoms with Gasteiger partial charge in [0, 0.05) is 13.1 Å². The van der Waals surface area contributed by atoms with Gasteiger partial charge < -0.3 is 10.6 Å². The lowest BCUT2D eigenvalue weighted by molar-refractivity contribution is 0.216. The van der Waals surface area contributed by atoms with E-state index in [9.17, 15) is 0 Å². The van der Waals surface area contributed by atoms with Crippen molar-refractivity contribution in [2.24, 2.45) is 5.41 Å². The molecule has 0 spiro atoms. The van der Waals surface area contributed by atoms with Crippen LogP contribution < -0.4 is 10.6 Å². The first-order chi connectivity index (χ1) is 11.2. The van der Waals surface area contributed by atoms with Gasteiger partial charge >= 0.3 is 0 Å². The van der Waals surface area contributed by atoms with E-state index in [0.717, 1.165) is 13.1 Å². The van der Waals surface area contributed by atoms with Gasteiger partial charge in [0.15, 0.2) is 0 Å². The molecular weight excluding hydrogens is 280 g/mol. The highest BCUT2D eigenvalue weighted by atomic mass is 15.2. The molecule has 0 aromatic heterocycles. The second-order valence-corrected chi connectivity index (χ2v) is 8.32. The fourth-order valence-corrected chi connectivity index (χ4v) is 3.80. The third-order valence-electron chi connectivity index (χ3n) is 5.53. The minimum absolute atomic E-state index is 0.397. The topological polar surface area (TPSA) is 24.1 Å². The van der Waals surface area contributed by atoms with Gasteiger partial charge in [-0.05, 0) is 11.8 Å². The molecule has 1 heterocycles. The Bertz CT molecular complexity index is 257. The van der Waals surface area contributed by atoms with Crippen molar-refractivity contribution in [3.8, 4) is 0 Å². The minimum atomic E-state index is 0.397. The van der Waals surface area contributed by atoms with Gasteiger partial charge in [-0.2, -0.15) is 0 Å². The highest BCUT2D eigenvalue weighted by Crippen LogP contribution is 2.28. The Hall–Kier alpha value is -0.0800. The first kappa shape index (κ1) is 21.0. The summed E-state index contributed by atoms with van der Waals surface area (Å²) in [4.78, 5) is 0. The number of unbranched alkanes of at least 4 members (excludes halogenated alkanes) is 12. The molecule has 0 atom stereocenters. The molecule has 2 nitrogen and oxygen atoms in total. The Morgan fingerprint density at radius 3 is 1.48 bits per heavy atom. The zero-order valence-electron chi connectivity index (χ0n) is 16.4. The SMILES string of the molecule is CCCCCCCCCCCCCCCC(C)(C)C1NCCN1. The highest BCUT2D eigenvalue weighted by molar-refractivity contribution is 4.86. The van der Waals surface area contributed by atoms with Crippen LogP contribution in [0.1, 0.15) is 111 Å². The molecule has 0 unspecified atom stereocenters. The van der Waals surface area contributed by atoms with Crippen molar-refractivity contribution in [3.05, 3.63) is 0 Å². The summed E-state index contributed by atoms with van der Waals surface area (Å²) in [5.74, 6) is 0. The van der Waals surface area contributed by atoms with Crippen molar-refractivity contribution >= 4 is 0 Å². The van der Waals surface area contributed by atoms with E-state index in [0.29, 0.717) is 11.6 Å². The molecule has 0 aromatic rings. The van der Waals surface area contributed by atoms with E-state index in [-0.39, 0.29) is 0 Å². The van der Waals surface area contributed by atoms with Crippen molar-refractivity contribution in [1.82, 2.24) is 10.6 Å². The molecule has 0 amide bonds. The molecule has 1 aliphatic heterocycles. The van der Waals surface area contributed by atoms with Gasteiger partial charge in [0.25, 0.3) is 0 Å². The lowest BCUT2D eigenvalue weighted by Gasteiger charge is -2.31. The third kappa shape index (κ3) is 10.4. The molecule has 1 aliphatic rings. The number of nitrogens with one attached hydrogen (secondary N) is 2. The molecular formula is C21H44N2. The van der Waals surface area contributed by atoms with E-state index in [1.54, 1.807) is 0 Å². The van der Waals surface area contributed by atoms with Crippen molar-refractivity contribution in [1.29, 1.82) is 0 Å². The van der Waals surface area contributed by atoms with Gasteiger partial charge in [0.05, 0.1) is 6.17 Å². The molecule has 1 saturated heterocycles. The average molecular weight is 325 g/mol. The Kier molecular flexibility index (Phi) is 12.1. The van der Waals surface area contributed by atoms with Gasteiger partial charge in [-0.15, -0.1) is 0 Å². The molecule has 0 saturated carbocycles. The second kappa shape index (κ2) is 13.2. The van der Waals surface area contributed by atoms with Crippen LogP contribution in [0.4, 0.5) is 0 Å². The zero-order valence-corrected chi connectivity index (χ0v) is 16.4. The maximum absolute atomic E-state index is 3.58. The largest absolute Gasteiger partial charge is 0.300 e. The molecule has 2 heteroatoms. The summed E-state index contributed by atoms with van der Waals surface area (Å²) in [6.45, 7) is 9.37. The number of rotatable bonds is 15. The van der Waals surface area contributed by atoms with Crippen molar-refractivity contribution in [2.45, 2.75) is 117 Å². The van der Waals surface area contributed by atoms with E-state index < -0.39 is 0 Å². The summed E-state index contributed by atoms with van der Waals surface area (Å²) < 4.78 is 0. The molecule has 2 N–H and O–H groups in total.